The molecule has 1 aromatic rings. The van der Waals surface area contributed by atoms with Crippen LogP contribution in [0.15, 0.2) is 23.1 Å². The van der Waals surface area contributed by atoms with Crippen molar-refractivity contribution in [3.05, 3.63) is 23.2 Å². The maximum atomic E-state index is 12.2. The Morgan fingerprint density at radius 1 is 1.43 bits per heavy atom. The van der Waals surface area contributed by atoms with Crippen LogP contribution in [0.25, 0.3) is 0 Å². The summed E-state index contributed by atoms with van der Waals surface area (Å²) in [6.07, 6.45) is 0.602. The highest BCUT2D eigenvalue weighted by Crippen LogP contribution is 2.25. The molecule has 1 atom stereocenters. The van der Waals surface area contributed by atoms with Gasteiger partial charge in [-0.15, -0.1) is 0 Å². The fourth-order valence-corrected chi connectivity index (χ4v) is 3.30. The molecule has 21 heavy (non-hydrogen) atoms. The number of hydrogen-bond acceptors (Lipinski definition) is 4. The molecule has 2 N–H and O–H groups in total. The molecule has 0 spiro atoms. The normalized spacial score (nSPS) is 13.0. The third-order valence-electron chi connectivity index (χ3n) is 2.74. The molecule has 1 rings (SSSR count). The van der Waals surface area contributed by atoms with Gasteiger partial charge in [0.15, 0.2) is 0 Å². The number of benzene rings is 1. The number of methoxy groups -OCH3 is 1. The number of ether oxygens (including phenoxy) is 1. The minimum absolute atomic E-state index is 0.0381. The first kappa shape index (κ1) is 17.9. The fraction of sp³-hybridized carbons (Fsp3) is 0.462. The summed E-state index contributed by atoms with van der Waals surface area (Å²) in [4.78, 5) is 11.0. The zero-order valence-corrected chi connectivity index (χ0v) is 13.7. The lowest BCUT2D eigenvalue weighted by Crippen LogP contribution is -2.37. The van der Waals surface area contributed by atoms with E-state index in [-0.39, 0.29) is 28.5 Å². The summed E-state index contributed by atoms with van der Waals surface area (Å²) in [6.45, 7) is 3.49. The van der Waals surface area contributed by atoms with E-state index in [1.807, 2.05) is 6.92 Å². The van der Waals surface area contributed by atoms with Crippen molar-refractivity contribution in [2.75, 3.05) is 19.0 Å². The van der Waals surface area contributed by atoms with E-state index in [0.717, 1.165) is 0 Å². The summed E-state index contributed by atoms with van der Waals surface area (Å²) in [5, 5.41) is 2.68. The molecule has 0 saturated heterocycles. The van der Waals surface area contributed by atoms with E-state index in [4.69, 9.17) is 16.3 Å². The van der Waals surface area contributed by atoms with Gasteiger partial charge in [0.25, 0.3) is 0 Å². The van der Waals surface area contributed by atoms with Crippen LogP contribution in [0.3, 0.4) is 0 Å². The molecule has 0 radical (unpaired) electrons. The van der Waals surface area contributed by atoms with Crippen LogP contribution < -0.4 is 10.0 Å². The van der Waals surface area contributed by atoms with Crippen LogP contribution in [0, 0.1) is 0 Å². The maximum Gasteiger partial charge on any atom is 0.240 e. The van der Waals surface area contributed by atoms with E-state index in [1.165, 1.54) is 32.2 Å². The quantitative estimate of drug-likeness (QED) is 0.798. The van der Waals surface area contributed by atoms with Gasteiger partial charge in [0, 0.05) is 20.1 Å². The molecule has 1 amide bonds. The molecule has 0 heterocycles. The number of anilines is 1. The average Bonchev–Trinajstić information content (AvgIpc) is 2.39. The summed E-state index contributed by atoms with van der Waals surface area (Å²) in [5.74, 6) is -0.281. The average molecular weight is 335 g/mol. The number of sulfonamides is 1. The van der Waals surface area contributed by atoms with Crippen molar-refractivity contribution in [2.24, 2.45) is 0 Å². The standard InChI is InChI=1S/C13H19ClN2O4S/c1-4-10(8-20-3)16-21(18,19)11-5-6-13(12(14)7-11)15-9(2)17/h5-7,10,16H,4,8H2,1-3H3,(H,15,17). The van der Waals surface area contributed by atoms with Crippen LogP contribution in [0.4, 0.5) is 5.69 Å². The lowest BCUT2D eigenvalue weighted by Gasteiger charge is -2.16. The Morgan fingerprint density at radius 2 is 2.10 bits per heavy atom. The van der Waals surface area contributed by atoms with E-state index in [1.54, 1.807) is 0 Å². The van der Waals surface area contributed by atoms with Crippen molar-refractivity contribution in [2.45, 2.75) is 31.2 Å². The number of carbonyl (C=O) groups is 1. The number of halogens is 1. The van der Waals surface area contributed by atoms with Crippen LogP contribution in [-0.2, 0) is 19.6 Å². The predicted octanol–water partition coefficient (Wildman–Crippen LogP) is 2.00. The topological polar surface area (TPSA) is 84.5 Å². The van der Waals surface area contributed by atoms with Crippen molar-refractivity contribution < 1.29 is 17.9 Å². The third-order valence-corrected chi connectivity index (χ3v) is 4.57. The Bertz CT molecular complexity index is 604. The molecule has 0 fully saturated rings. The van der Waals surface area contributed by atoms with Gasteiger partial charge < -0.3 is 10.1 Å². The largest absolute Gasteiger partial charge is 0.383 e. The van der Waals surface area contributed by atoms with Crippen LogP contribution in [0.1, 0.15) is 20.3 Å². The second-order valence-corrected chi connectivity index (χ2v) is 6.63. The SMILES string of the molecule is CCC(COC)NS(=O)(=O)c1ccc(NC(C)=O)c(Cl)c1. The second kappa shape index (κ2) is 7.74. The summed E-state index contributed by atoms with van der Waals surface area (Å²) >= 11 is 5.98. The van der Waals surface area contributed by atoms with Crippen molar-refractivity contribution in [1.29, 1.82) is 0 Å². The van der Waals surface area contributed by atoms with Gasteiger partial charge in [0.1, 0.15) is 0 Å². The highest BCUT2D eigenvalue weighted by atomic mass is 35.5. The number of rotatable bonds is 7. The van der Waals surface area contributed by atoms with Gasteiger partial charge >= 0.3 is 0 Å². The molecular formula is C13H19ClN2O4S. The Morgan fingerprint density at radius 3 is 2.57 bits per heavy atom. The number of amides is 1. The van der Waals surface area contributed by atoms with Crippen LogP contribution in [0.5, 0.6) is 0 Å². The van der Waals surface area contributed by atoms with E-state index >= 15 is 0 Å². The highest BCUT2D eigenvalue weighted by molar-refractivity contribution is 7.89. The maximum absolute atomic E-state index is 12.2. The van der Waals surface area contributed by atoms with E-state index < -0.39 is 10.0 Å². The van der Waals surface area contributed by atoms with Gasteiger partial charge in [-0.25, -0.2) is 13.1 Å². The molecule has 1 unspecified atom stereocenters. The molecule has 1 aromatic carbocycles. The highest BCUT2D eigenvalue weighted by Gasteiger charge is 2.20. The van der Waals surface area contributed by atoms with Gasteiger partial charge in [-0.05, 0) is 24.6 Å². The minimum atomic E-state index is -3.69. The molecule has 0 aliphatic rings. The molecule has 0 bridgehead atoms. The molecule has 118 valence electrons. The van der Waals surface area contributed by atoms with Crippen molar-refractivity contribution in [3.8, 4) is 0 Å². The van der Waals surface area contributed by atoms with E-state index in [9.17, 15) is 13.2 Å². The summed E-state index contributed by atoms with van der Waals surface area (Å²) in [5.41, 5.74) is 0.368. The minimum Gasteiger partial charge on any atom is -0.383 e. The van der Waals surface area contributed by atoms with Crippen molar-refractivity contribution in [1.82, 2.24) is 4.72 Å². The number of nitrogens with one attached hydrogen (secondary N) is 2. The van der Waals surface area contributed by atoms with E-state index in [2.05, 4.69) is 10.0 Å². The molecule has 0 aliphatic heterocycles. The Balaban J connectivity index is 2.98. The predicted molar refractivity (Wildman–Crippen MR) is 82.0 cm³/mol. The molecular weight excluding hydrogens is 316 g/mol. The van der Waals surface area contributed by atoms with Crippen molar-refractivity contribution >= 4 is 33.2 Å². The van der Waals surface area contributed by atoms with Gasteiger partial charge in [0.2, 0.25) is 15.9 Å². The first-order chi connectivity index (χ1) is 9.80. The van der Waals surface area contributed by atoms with Gasteiger partial charge in [-0.3, -0.25) is 4.79 Å². The molecule has 6 nitrogen and oxygen atoms in total. The number of carbonyl (C=O) groups excluding carboxylic acids is 1. The fourth-order valence-electron chi connectivity index (χ4n) is 1.68. The van der Waals surface area contributed by atoms with Gasteiger partial charge in [0.05, 0.1) is 22.2 Å². The Hall–Kier alpha value is -1.15. The Labute approximate surface area is 129 Å². The molecule has 8 heteroatoms. The van der Waals surface area contributed by atoms with Crippen LogP contribution in [-0.4, -0.2) is 34.1 Å². The zero-order chi connectivity index (χ0) is 16.0. The first-order valence-electron chi connectivity index (χ1n) is 6.38. The van der Waals surface area contributed by atoms with Gasteiger partial charge in [-0.1, -0.05) is 18.5 Å². The Kier molecular flexibility index (Phi) is 6.60. The summed E-state index contributed by atoms with van der Waals surface area (Å²) in [6, 6.07) is 3.83. The summed E-state index contributed by atoms with van der Waals surface area (Å²) < 4.78 is 32.0. The lowest BCUT2D eigenvalue weighted by atomic mass is 10.3. The third kappa shape index (κ3) is 5.28. The zero-order valence-electron chi connectivity index (χ0n) is 12.1. The van der Waals surface area contributed by atoms with Crippen LogP contribution >= 0.6 is 11.6 Å². The van der Waals surface area contributed by atoms with E-state index in [0.29, 0.717) is 12.1 Å². The second-order valence-electron chi connectivity index (χ2n) is 4.50. The van der Waals surface area contributed by atoms with Crippen LogP contribution in [0.2, 0.25) is 5.02 Å². The molecule has 0 aliphatic carbocycles. The molecule has 0 aromatic heterocycles. The van der Waals surface area contributed by atoms with Crippen molar-refractivity contribution in [3.63, 3.8) is 0 Å². The lowest BCUT2D eigenvalue weighted by molar-refractivity contribution is -0.114. The monoisotopic (exact) mass is 334 g/mol. The van der Waals surface area contributed by atoms with Gasteiger partial charge in [-0.2, -0.15) is 0 Å². The smallest absolute Gasteiger partial charge is 0.240 e. The summed E-state index contributed by atoms with van der Waals surface area (Å²) in [7, 11) is -2.18. The number of hydrogen-bond donors (Lipinski definition) is 2. The molecule has 0 saturated carbocycles. The first-order valence-corrected chi connectivity index (χ1v) is 8.24.